The van der Waals surface area contributed by atoms with Crippen LogP contribution in [0.2, 0.25) is 0 Å². The molecule has 0 aliphatic heterocycles. The fourth-order valence-corrected chi connectivity index (χ4v) is 21.7. The van der Waals surface area contributed by atoms with Crippen LogP contribution in [0.25, 0.3) is 178 Å². The number of fused-ring (bicyclic) bond motifs is 26. The summed E-state index contributed by atoms with van der Waals surface area (Å²) in [5.74, 6) is -4.62. The molecule has 12 aromatic heterocycles. The molecule has 4 atom stereocenters. The van der Waals surface area contributed by atoms with Gasteiger partial charge in [-0.2, -0.15) is 0 Å². The van der Waals surface area contributed by atoms with Crippen LogP contribution in [-0.2, 0) is 49.9 Å². The monoisotopic (exact) mass is 1820 g/mol. The largest absolute Gasteiger partial charge is 0.455 e. The molecule has 20 aromatic rings. The van der Waals surface area contributed by atoms with Gasteiger partial charge in [0.15, 0.2) is 41.5 Å². The summed E-state index contributed by atoms with van der Waals surface area (Å²) < 4.78 is 267. The van der Waals surface area contributed by atoms with Gasteiger partial charge in [-0.05, 0) is 224 Å². The first kappa shape index (κ1) is 61.9. The number of aryl methyl sites for hydroxylation is 12. The Hall–Kier alpha value is -13.8. The van der Waals surface area contributed by atoms with Crippen LogP contribution in [0.5, 0.6) is 0 Å². The van der Waals surface area contributed by atoms with Crippen LogP contribution >= 0.6 is 0 Å². The summed E-state index contributed by atoms with van der Waals surface area (Å²) in [5.41, 5.74) is 22.8. The summed E-state index contributed by atoms with van der Waals surface area (Å²) in [6, 6.07) is 55.1. The van der Waals surface area contributed by atoms with E-state index < -0.39 is 100 Å². The molecule has 24 rings (SSSR count). The van der Waals surface area contributed by atoms with Crippen LogP contribution in [0, 0.1) is 55.1 Å². The third-order valence-corrected chi connectivity index (χ3v) is 28.7. The van der Waals surface area contributed by atoms with Crippen LogP contribution in [0.3, 0.4) is 0 Å². The Morgan fingerprint density at radius 1 is 0.316 bits per heavy atom. The van der Waals surface area contributed by atoms with Crippen molar-refractivity contribution in [2.45, 2.75) is 211 Å². The fraction of sp³-hybridized carbons (Fsp3) is 0.290. The molecule has 680 valence electrons. The van der Waals surface area contributed by atoms with E-state index in [-0.39, 0.29) is 22.3 Å². The molecule has 0 saturated carbocycles. The summed E-state index contributed by atoms with van der Waals surface area (Å²) in [4.78, 5) is 18.7. The fourth-order valence-electron chi connectivity index (χ4n) is 21.7. The van der Waals surface area contributed by atoms with E-state index in [1.807, 2.05) is 179 Å². The predicted molar refractivity (Wildman–Crippen MR) is 557 cm³/mol. The minimum atomic E-state index is -2.39. The molecule has 12 nitrogen and oxygen atoms in total. The molecular formula is C124H124N8O4+4. The molecule has 4 aliphatic rings. The molecule has 0 fully saturated rings. The van der Waals surface area contributed by atoms with Crippen molar-refractivity contribution in [3.63, 3.8) is 0 Å². The van der Waals surface area contributed by atoms with Crippen molar-refractivity contribution in [1.82, 2.24) is 19.9 Å². The molecule has 8 aromatic carbocycles. The third kappa shape index (κ3) is 13.5. The lowest BCUT2D eigenvalue weighted by Gasteiger charge is -2.20. The van der Waals surface area contributed by atoms with E-state index in [1.54, 1.807) is 197 Å². The zero-order valence-corrected chi connectivity index (χ0v) is 80.0. The first-order chi connectivity index (χ1) is 75.8. The lowest BCUT2D eigenvalue weighted by Crippen LogP contribution is -2.32. The second-order valence-electron chi connectivity index (χ2n) is 38.9. The third-order valence-electron chi connectivity index (χ3n) is 28.7. The quantitative estimate of drug-likeness (QED) is 0.138. The summed E-state index contributed by atoms with van der Waals surface area (Å²) in [6.45, 7) is 9.44. The Morgan fingerprint density at radius 3 is 1.21 bits per heavy atom. The van der Waals surface area contributed by atoms with Gasteiger partial charge >= 0.3 is 0 Å². The van der Waals surface area contributed by atoms with E-state index in [0.717, 1.165) is 133 Å². The number of benzene rings is 8. The van der Waals surface area contributed by atoms with Crippen LogP contribution in [0.1, 0.15) is 284 Å². The molecule has 136 heavy (non-hydrogen) atoms. The van der Waals surface area contributed by atoms with Gasteiger partial charge in [0.1, 0.15) is 56.0 Å². The molecule has 0 bridgehead atoms. The molecule has 4 unspecified atom stereocenters. The Bertz CT molecular complexity index is 9490. The number of hydrogen-bond acceptors (Lipinski definition) is 8. The minimum absolute atomic E-state index is 0.134. The van der Waals surface area contributed by atoms with E-state index >= 15 is 0 Å². The number of rotatable bonds is 8. The van der Waals surface area contributed by atoms with Crippen molar-refractivity contribution < 1.29 is 74.3 Å². The highest BCUT2D eigenvalue weighted by molar-refractivity contribution is 6.16. The lowest BCUT2D eigenvalue weighted by atomic mass is 9.82. The zero-order chi connectivity index (χ0) is 119. The highest BCUT2D eigenvalue weighted by Gasteiger charge is 2.44. The number of aromatic nitrogens is 8. The summed E-state index contributed by atoms with van der Waals surface area (Å²) in [6.07, 6.45) is 11.3. The van der Waals surface area contributed by atoms with Crippen LogP contribution < -0.4 is 18.3 Å². The SMILES string of the molecule is [2H]C([2H])([2H])c1c[n+](C)c(-c2c(C)ccc3c2oc2c4c(ccc23)-c2cccnc2C4(C)C([2H])([2H])[2H])cc1C([2H])(C)C.[2H]C([2H])([2H])c1c[n+](C)c(-c2c(C)ccc3c2oc2c4c(cnc23)C(C)(C([2H])([2H])[2H])c2ccccc2-4)cc1C([2H])(C)C.[2H]C([2H])([2H])c1c[n+](C)c(-c2c(C)ccc3c2oc2cc4c(cc23)C(C)(C([2H])([2H])[2H])c2ncccc2-4)cc1C([2H])(C)C.[2H]C([2H])([2H])c1c[n+](C)c(-c2c(C)ccc3c2oc2nc4c(cc23)C(C)(C([2H])([2H])[2H])c2ccccc2-4)cc1C([2H])(C)C. The van der Waals surface area contributed by atoms with E-state index in [9.17, 15) is 0 Å². The van der Waals surface area contributed by atoms with Crippen molar-refractivity contribution in [2.24, 2.45) is 28.2 Å². The highest BCUT2D eigenvalue weighted by atomic mass is 16.3. The number of furan rings is 4. The summed E-state index contributed by atoms with van der Waals surface area (Å²) >= 11 is 0. The molecular weight excluding hydrogens is 1670 g/mol. The Labute approximate surface area is 838 Å². The maximum Gasteiger partial charge on any atom is 0.227 e. The molecule has 12 heteroatoms. The van der Waals surface area contributed by atoms with Gasteiger partial charge in [0.2, 0.25) is 28.5 Å². The van der Waals surface area contributed by atoms with Gasteiger partial charge in [0.05, 0.1) is 39.3 Å². The van der Waals surface area contributed by atoms with Crippen molar-refractivity contribution in [2.75, 3.05) is 0 Å². The van der Waals surface area contributed by atoms with Crippen molar-refractivity contribution >= 4 is 88.0 Å². The van der Waals surface area contributed by atoms with Crippen molar-refractivity contribution in [1.29, 1.82) is 0 Å². The second kappa shape index (κ2) is 31.9. The average Bonchev–Trinajstić information content (AvgIpc) is 1.52. The smallest absolute Gasteiger partial charge is 0.227 e. The molecule has 12 heterocycles. The van der Waals surface area contributed by atoms with Gasteiger partial charge in [-0.25, -0.2) is 23.3 Å². The Morgan fingerprint density at radius 2 is 0.713 bits per heavy atom. The maximum atomic E-state index is 8.74. The molecule has 0 spiro atoms. The first-order valence-corrected chi connectivity index (χ1v) is 45.8. The van der Waals surface area contributed by atoms with Gasteiger partial charge in [-0.15, -0.1) is 0 Å². The summed E-state index contributed by atoms with van der Waals surface area (Å²) in [5, 5.41) is 5.52. The molecule has 0 amide bonds. The van der Waals surface area contributed by atoms with E-state index in [0.29, 0.717) is 134 Å². The van der Waals surface area contributed by atoms with Gasteiger partial charge in [-0.1, -0.05) is 206 Å². The van der Waals surface area contributed by atoms with Gasteiger partial charge in [-0.3, -0.25) is 15.0 Å². The standard InChI is InChI=1S/4C31H31N2O/c1-17(2)24-15-25(33(7)16-19(24)4)26-18(3)10-11-21-22-13-12-20-23-9-8-14-32-30(23)31(5,6)27(20)29(22)34-28(21)26;1-17(2)22-14-26(33(7)16-19(22)4)28-18(3)10-11-20-24-13-25-23(15-27(24)34-29(20)28)21-9-8-12-32-30(21)31(25,5)6;1-17(2)22-15-26(33(7)16-19(22)4)27-18(3)12-13-20-23-14-25-28(32-30(23)34-29(20)27)21-10-8-9-11-24(21)31(25,5)6;1-17(2)22-14-25(33(7)16-19(22)4)26-18(3)12-13-21-28-30(34-29(21)26)27-20-10-8-9-11-23(20)31(5,6)24(27)15-32-28/h4*8-17H,1-7H3/q4*+1/i4*4D3,5D3,17D. The van der Waals surface area contributed by atoms with Crippen LogP contribution in [0.15, 0.2) is 237 Å². The Kier molecular flexibility index (Phi) is 14.5. The Balaban J connectivity index is 0.000000125. The first-order valence-electron chi connectivity index (χ1n) is 59.8. The molecule has 0 saturated heterocycles. The molecule has 4 aliphatic carbocycles. The van der Waals surface area contributed by atoms with Crippen molar-refractivity contribution in [3.05, 3.63) is 331 Å². The topological polar surface area (TPSA) is 120 Å². The normalized spacial score (nSPS) is 21.1. The van der Waals surface area contributed by atoms with Crippen molar-refractivity contribution in [3.8, 4) is 89.7 Å². The van der Waals surface area contributed by atoms with E-state index in [2.05, 4.69) is 9.97 Å². The second-order valence-corrected chi connectivity index (χ2v) is 38.9. The van der Waals surface area contributed by atoms with Gasteiger partial charge < -0.3 is 17.7 Å². The average molecular weight is 1820 g/mol. The number of nitrogens with zero attached hydrogens (tertiary/aromatic N) is 8. The van der Waals surface area contributed by atoms with E-state index in [1.165, 1.54) is 0 Å². The molecule has 0 N–H and O–H groups in total. The van der Waals surface area contributed by atoms with E-state index in [4.69, 9.17) is 66.0 Å². The molecule has 0 radical (unpaired) electrons. The van der Waals surface area contributed by atoms with Gasteiger partial charge in [0, 0.05) is 191 Å². The number of hydrogen-bond donors (Lipinski definition) is 0. The van der Waals surface area contributed by atoms with Gasteiger partial charge in [0.25, 0.3) is 0 Å². The maximum absolute atomic E-state index is 8.74. The van der Waals surface area contributed by atoms with Crippen LogP contribution in [-0.4, -0.2) is 19.9 Å². The summed E-state index contributed by atoms with van der Waals surface area (Å²) in [7, 11) is 7.17. The minimum Gasteiger partial charge on any atom is -0.455 e. The zero-order valence-electron chi connectivity index (χ0n) is 108. The highest BCUT2D eigenvalue weighted by Crippen LogP contribution is 2.58. The van der Waals surface area contributed by atoms with Crippen LogP contribution in [0.4, 0.5) is 0 Å². The predicted octanol–water partition coefficient (Wildman–Crippen LogP) is 30.1. The number of pyridine rings is 8. The lowest BCUT2D eigenvalue weighted by molar-refractivity contribution is -0.660.